The molecule has 1 aromatic carbocycles. The smallest absolute Gasteiger partial charge is 0.329 e. The van der Waals surface area contributed by atoms with Crippen molar-refractivity contribution in [3.63, 3.8) is 0 Å². The van der Waals surface area contributed by atoms with Gasteiger partial charge in [-0.25, -0.2) is 4.79 Å². The van der Waals surface area contributed by atoms with Crippen molar-refractivity contribution in [2.75, 3.05) is 20.8 Å². The molecule has 2 heterocycles. The fraction of sp³-hybridized carbons (Fsp3) is 0.680. The fourth-order valence-electron chi connectivity index (χ4n) is 8.68. The number of carbonyl (C=O) groups is 10. The van der Waals surface area contributed by atoms with E-state index in [0.717, 1.165) is 9.80 Å². The minimum atomic E-state index is -1.90. The molecule has 2 fully saturated rings. The lowest BCUT2D eigenvalue weighted by atomic mass is 9.95. The highest BCUT2D eigenvalue weighted by Crippen LogP contribution is 2.25. The number of nitrogens with one attached hydrogen (secondary N) is 6. The summed E-state index contributed by atoms with van der Waals surface area (Å²) in [5.41, 5.74) is 5.95. The molecule has 2 saturated heterocycles. The van der Waals surface area contributed by atoms with E-state index in [2.05, 4.69) is 31.9 Å². The average Bonchev–Trinajstić information content (AvgIpc) is 3.34. The van der Waals surface area contributed by atoms with Gasteiger partial charge in [0.15, 0.2) is 6.10 Å². The SMILES string of the molecule is CC[C@H](C)C1NC(=O)[C@H](Cc2ccc(OC)cc2)N(C)C(=O)C([C@H](C)O)N2C(=O)C(CC[C@H]2O)NC(=O)[C@H](CC(C)C)NC(=O)[C@@H](NC(=O)[C@H](CCC(N)=O)NC(=O)[C@H](CC(C)C)NC(=O)[C@H](O)CO)C(C)OC1=O. The van der Waals surface area contributed by atoms with E-state index in [9.17, 15) is 68.4 Å². The minimum Gasteiger partial charge on any atom is -0.497 e. The van der Waals surface area contributed by atoms with Crippen LogP contribution in [0.3, 0.4) is 0 Å². The maximum absolute atomic E-state index is 14.7. The van der Waals surface area contributed by atoms with Gasteiger partial charge in [-0.15, -0.1) is 0 Å². The third-order valence-electron chi connectivity index (χ3n) is 13.2. The van der Waals surface area contributed by atoms with Crippen LogP contribution in [0, 0.1) is 17.8 Å². The van der Waals surface area contributed by atoms with Crippen LogP contribution in [-0.2, 0) is 59.1 Å². The van der Waals surface area contributed by atoms with Gasteiger partial charge in [0.05, 0.1) is 19.8 Å². The third-order valence-corrected chi connectivity index (χ3v) is 13.2. The van der Waals surface area contributed by atoms with Crippen LogP contribution in [0.15, 0.2) is 24.3 Å². The van der Waals surface area contributed by atoms with Gasteiger partial charge in [-0.05, 0) is 81.4 Å². The Kier molecular flexibility index (Phi) is 24.3. The number of rotatable bonds is 20. The first kappa shape index (κ1) is 62.9. The van der Waals surface area contributed by atoms with Gasteiger partial charge in [0.1, 0.15) is 66.4 Å². The molecule has 2 aliphatic heterocycles. The Hall–Kier alpha value is -6.44. The summed E-state index contributed by atoms with van der Waals surface area (Å²) in [7, 11) is 2.72. The van der Waals surface area contributed by atoms with E-state index >= 15 is 0 Å². The minimum absolute atomic E-state index is 0.0217. The molecular formula is C50H79N9O16. The van der Waals surface area contributed by atoms with Crippen molar-refractivity contribution in [1.82, 2.24) is 41.7 Å². The first-order valence-corrected chi connectivity index (χ1v) is 25.3. The second-order valence-corrected chi connectivity index (χ2v) is 20.2. The average molecular weight is 1060 g/mol. The quantitative estimate of drug-likeness (QED) is 0.0595. The van der Waals surface area contributed by atoms with Crippen LogP contribution in [0.5, 0.6) is 5.75 Å². The molecule has 0 spiro atoms. The van der Waals surface area contributed by atoms with Crippen LogP contribution in [0.2, 0.25) is 0 Å². The lowest BCUT2D eigenvalue weighted by molar-refractivity contribution is -0.170. The van der Waals surface area contributed by atoms with Gasteiger partial charge in [-0.3, -0.25) is 43.2 Å². The number of fused-ring (bicyclic) bond motifs is 2. The van der Waals surface area contributed by atoms with Crippen molar-refractivity contribution in [3.8, 4) is 5.75 Å². The number of hydrogen-bond acceptors (Lipinski definition) is 16. The third kappa shape index (κ3) is 17.8. The molecule has 1 aromatic rings. The van der Waals surface area contributed by atoms with E-state index in [4.69, 9.17) is 15.2 Å². The number of primary amides is 1. The molecule has 0 saturated carbocycles. The van der Waals surface area contributed by atoms with Gasteiger partial charge in [0, 0.05) is 19.9 Å². The van der Waals surface area contributed by atoms with Crippen LogP contribution in [0.4, 0.5) is 0 Å². The summed E-state index contributed by atoms with van der Waals surface area (Å²) >= 11 is 0. The van der Waals surface area contributed by atoms with Crippen molar-refractivity contribution in [2.45, 2.75) is 180 Å². The molecule has 75 heavy (non-hydrogen) atoms. The number of ether oxygens (including phenoxy) is 2. The molecular weight excluding hydrogens is 983 g/mol. The Morgan fingerprint density at radius 2 is 1.47 bits per heavy atom. The second kappa shape index (κ2) is 29.0. The van der Waals surface area contributed by atoms with Gasteiger partial charge in [0.2, 0.25) is 47.3 Å². The van der Waals surface area contributed by atoms with Crippen LogP contribution < -0.4 is 42.4 Å². The molecule has 25 heteroatoms. The number of amides is 9. The number of benzene rings is 1. The molecule has 13 atom stereocenters. The number of nitrogens with zero attached hydrogens (tertiary/aromatic N) is 2. The number of carbonyl (C=O) groups excluding carboxylic acids is 10. The molecule has 420 valence electrons. The Bertz CT molecular complexity index is 2180. The zero-order valence-corrected chi connectivity index (χ0v) is 44.5. The van der Waals surface area contributed by atoms with E-state index in [1.807, 2.05) is 0 Å². The maximum Gasteiger partial charge on any atom is 0.329 e. The molecule has 2 aliphatic rings. The standard InChI is InChI=1S/C50H79N9O16/c1-11-26(6)39-50(73)75-28(8)40(57-42(65)31(16-18-37(51)63)52-43(66)33(20-24(2)3)54-46(69)36(62)23-60)47(70)55-34(21-25(4)5)44(67)53-32-17-19-38(64)59(48(32)71)41(27(7)61)49(72)58(9)35(45(68)56-39)22-29-12-14-30(74-10)15-13-29/h12-15,24-28,31-36,38-41,60-62,64H,11,16-23H2,1-10H3,(H2,51,63)(H,52,66)(H,53,67)(H,54,69)(H,55,70)(H,56,68)(H,57,65)/t26-,27-,28?,31-,32?,33-,34-,35-,36+,38+,39?,40-,41?/m0/s1. The van der Waals surface area contributed by atoms with Crippen molar-refractivity contribution in [3.05, 3.63) is 29.8 Å². The van der Waals surface area contributed by atoms with Crippen molar-refractivity contribution in [2.24, 2.45) is 23.5 Å². The summed E-state index contributed by atoms with van der Waals surface area (Å²) in [5, 5.41) is 56.9. The van der Waals surface area contributed by atoms with Crippen LogP contribution in [0.1, 0.15) is 106 Å². The molecule has 12 N–H and O–H groups in total. The zero-order chi connectivity index (χ0) is 56.6. The Balaban J connectivity index is 2.25. The first-order chi connectivity index (χ1) is 35.1. The normalized spacial score (nSPS) is 25.4. The number of esters is 1. The molecule has 25 nitrogen and oxygen atoms in total. The van der Waals surface area contributed by atoms with E-state index in [-0.39, 0.29) is 50.4 Å². The molecule has 2 bridgehead atoms. The molecule has 3 rings (SSSR count). The highest BCUT2D eigenvalue weighted by atomic mass is 16.5. The van der Waals surface area contributed by atoms with E-state index in [1.54, 1.807) is 65.8 Å². The molecule has 9 amide bonds. The van der Waals surface area contributed by atoms with Crippen molar-refractivity contribution >= 4 is 59.1 Å². The molecule has 0 aliphatic carbocycles. The number of cyclic esters (lactones) is 1. The predicted molar refractivity (Wildman–Crippen MR) is 268 cm³/mol. The number of piperidine rings is 1. The lowest BCUT2D eigenvalue weighted by Crippen LogP contribution is -2.67. The zero-order valence-electron chi connectivity index (χ0n) is 44.5. The number of aliphatic hydroxyl groups is 4. The number of likely N-dealkylation sites (N-methyl/N-ethyl adjacent to an activating group) is 1. The highest BCUT2D eigenvalue weighted by molar-refractivity contribution is 5.99. The summed E-state index contributed by atoms with van der Waals surface area (Å²) in [6, 6.07) is -6.06. The number of nitrogens with two attached hydrogens (primary N) is 1. The van der Waals surface area contributed by atoms with Gasteiger partial charge in [0.25, 0.3) is 5.91 Å². The highest BCUT2D eigenvalue weighted by Gasteiger charge is 2.47. The fourth-order valence-corrected chi connectivity index (χ4v) is 8.68. The van der Waals surface area contributed by atoms with E-state index in [1.165, 1.54) is 28.0 Å². The largest absolute Gasteiger partial charge is 0.497 e. The van der Waals surface area contributed by atoms with Gasteiger partial charge >= 0.3 is 5.97 Å². The number of aliphatic hydroxyl groups excluding tert-OH is 4. The van der Waals surface area contributed by atoms with Crippen molar-refractivity contribution < 1.29 is 77.8 Å². The van der Waals surface area contributed by atoms with Crippen LogP contribution in [0.25, 0.3) is 0 Å². The van der Waals surface area contributed by atoms with Crippen molar-refractivity contribution in [1.29, 1.82) is 0 Å². The topological polar surface area (TPSA) is 375 Å². The summed E-state index contributed by atoms with van der Waals surface area (Å²) in [6.07, 6.45) is -8.09. The van der Waals surface area contributed by atoms with Crippen LogP contribution in [-0.4, -0.2) is 183 Å². The Labute approximate surface area is 437 Å². The van der Waals surface area contributed by atoms with Crippen LogP contribution >= 0.6 is 0 Å². The molecule has 0 radical (unpaired) electrons. The summed E-state index contributed by atoms with van der Waals surface area (Å²) < 4.78 is 11.2. The Morgan fingerprint density at radius 3 is 2.01 bits per heavy atom. The molecule has 0 aromatic heterocycles. The van der Waals surface area contributed by atoms with Gasteiger partial charge < -0.3 is 77.3 Å². The lowest BCUT2D eigenvalue weighted by Gasteiger charge is -2.43. The van der Waals surface area contributed by atoms with E-state index in [0.29, 0.717) is 11.3 Å². The summed E-state index contributed by atoms with van der Waals surface area (Å²) in [5.74, 6) is -10.8. The van der Waals surface area contributed by atoms with Gasteiger partial charge in [-0.1, -0.05) is 60.1 Å². The monoisotopic (exact) mass is 1060 g/mol. The van der Waals surface area contributed by atoms with Gasteiger partial charge in [-0.2, -0.15) is 0 Å². The second-order valence-electron chi connectivity index (χ2n) is 20.2. The Morgan fingerprint density at radius 1 is 0.840 bits per heavy atom. The molecule has 4 unspecified atom stereocenters. The number of methoxy groups -OCH3 is 1. The van der Waals surface area contributed by atoms with E-state index < -0.39 is 157 Å². The first-order valence-electron chi connectivity index (χ1n) is 25.3. The summed E-state index contributed by atoms with van der Waals surface area (Å²) in [4.78, 5) is 142. The maximum atomic E-state index is 14.7. The summed E-state index contributed by atoms with van der Waals surface area (Å²) in [6.45, 7) is 11.7. The predicted octanol–water partition coefficient (Wildman–Crippen LogP) is -2.63. The number of hydrogen-bond donors (Lipinski definition) is 11.